The summed E-state index contributed by atoms with van der Waals surface area (Å²) in [6.07, 6.45) is 1.55. The van der Waals surface area contributed by atoms with E-state index in [-0.39, 0.29) is 0 Å². The molecule has 6 heteroatoms. The highest BCUT2D eigenvalue weighted by atomic mass is 35.5. The Balaban J connectivity index is 1.72. The van der Waals surface area contributed by atoms with Crippen LogP contribution in [0, 0.1) is 0 Å². The number of hydrogen-bond acceptors (Lipinski definition) is 3. The van der Waals surface area contributed by atoms with Gasteiger partial charge in [-0.15, -0.1) is 0 Å². The highest BCUT2D eigenvalue weighted by Crippen LogP contribution is 2.12. The third-order valence-corrected chi connectivity index (χ3v) is 5.35. The number of hydrogen-bond donors (Lipinski definition) is 1. The van der Waals surface area contributed by atoms with Gasteiger partial charge in [0.2, 0.25) is 10.0 Å². The molecule has 23 heavy (non-hydrogen) atoms. The van der Waals surface area contributed by atoms with Crippen LogP contribution in [0.2, 0.25) is 5.02 Å². The smallest absolute Gasteiger partial charge is 0.211 e. The normalized spacial score (nSPS) is 11.9. The van der Waals surface area contributed by atoms with E-state index in [9.17, 15) is 8.42 Å². The lowest BCUT2D eigenvalue weighted by molar-refractivity contribution is 0.593. The molecular weight excluding hydrogens is 350 g/mol. The molecule has 2 aromatic carbocycles. The minimum absolute atomic E-state index is 0.408. The molecule has 0 saturated carbocycles. The molecule has 0 aliphatic rings. The topological polar surface area (TPSA) is 46.2 Å². The Morgan fingerprint density at radius 1 is 1.04 bits per heavy atom. The molecule has 122 valence electrons. The quantitative estimate of drug-likeness (QED) is 0.712. The van der Waals surface area contributed by atoms with Gasteiger partial charge in [0.05, 0.1) is 0 Å². The Hall–Kier alpha value is -1.27. The number of benzene rings is 2. The molecule has 0 saturated heterocycles. The predicted molar refractivity (Wildman–Crippen MR) is 100 cm³/mol. The van der Waals surface area contributed by atoms with Crippen LogP contribution in [0.1, 0.15) is 11.1 Å². The van der Waals surface area contributed by atoms with Gasteiger partial charge >= 0.3 is 0 Å². The summed E-state index contributed by atoms with van der Waals surface area (Å²) in [5.41, 5.74) is 2.03. The molecule has 0 radical (unpaired) electrons. The SMILES string of the molecule is O=S(=O)(/C=C/c1ccc(Cl)cc1)NCCSCc1ccccc1. The van der Waals surface area contributed by atoms with Crippen molar-refractivity contribution in [3.8, 4) is 0 Å². The second-order valence-electron chi connectivity index (χ2n) is 4.83. The summed E-state index contributed by atoms with van der Waals surface area (Å²) in [5, 5.41) is 1.80. The molecule has 0 bridgehead atoms. The molecule has 0 aliphatic carbocycles. The first-order valence-corrected chi connectivity index (χ1v) is 10.2. The molecule has 2 aromatic rings. The van der Waals surface area contributed by atoms with Gasteiger partial charge in [0.1, 0.15) is 0 Å². The summed E-state index contributed by atoms with van der Waals surface area (Å²) in [7, 11) is -3.41. The van der Waals surface area contributed by atoms with E-state index < -0.39 is 10.0 Å². The molecule has 0 aliphatic heterocycles. The number of nitrogens with one attached hydrogen (secondary N) is 1. The van der Waals surface area contributed by atoms with Crippen molar-refractivity contribution in [1.29, 1.82) is 0 Å². The van der Waals surface area contributed by atoms with Crippen molar-refractivity contribution in [3.05, 3.63) is 76.2 Å². The van der Waals surface area contributed by atoms with Crippen LogP contribution in [-0.2, 0) is 15.8 Å². The van der Waals surface area contributed by atoms with Crippen molar-refractivity contribution in [3.63, 3.8) is 0 Å². The highest BCUT2D eigenvalue weighted by molar-refractivity contribution is 7.98. The Kier molecular flexibility index (Phi) is 7.17. The van der Waals surface area contributed by atoms with Crippen molar-refractivity contribution in [2.24, 2.45) is 0 Å². The van der Waals surface area contributed by atoms with E-state index in [1.807, 2.05) is 18.2 Å². The van der Waals surface area contributed by atoms with Crippen molar-refractivity contribution < 1.29 is 8.42 Å². The van der Waals surface area contributed by atoms with Crippen LogP contribution >= 0.6 is 23.4 Å². The number of sulfonamides is 1. The van der Waals surface area contributed by atoms with Crippen LogP contribution in [-0.4, -0.2) is 20.7 Å². The van der Waals surface area contributed by atoms with Gasteiger partial charge in [-0.1, -0.05) is 54.1 Å². The molecule has 0 heterocycles. The monoisotopic (exact) mass is 367 g/mol. The third-order valence-electron chi connectivity index (χ3n) is 2.97. The maximum Gasteiger partial charge on any atom is 0.233 e. The summed E-state index contributed by atoms with van der Waals surface area (Å²) < 4.78 is 26.3. The van der Waals surface area contributed by atoms with Gasteiger partial charge in [0.25, 0.3) is 0 Å². The van der Waals surface area contributed by atoms with Gasteiger partial charge in [-0.2, -0.15) is 11.8 Å². The van der Waals surface area contributed by atoms with Crippen molar-refractivity contribution in [2.75, 3.05) is 12.3 Å². The number of thioether (sulfide) groups is 1. The predicted octanol–water partition coefficient (Wildman–Crippen LogP) is 4.16. The van der Waals surface area contributed by atoms with Crippen LogP contribution in [0.3, 0.4) is 0 Å². The molecule has 0 amide bonds. The van der Waals surface area contributed by atoms with E-state index in [1.54, 1.807) is 42.1 Å². The Morgan fingerprint density at radius 2 is 1.74 bits per heavy atom. The first-order chi connectivity index (χ1) is 11.1. The fourth-order valence-corrected chi connectivity index (χ4v) is 3.70. The van der Waals surface area contributed by atoms with Gasteiger partial charge in [-0.25, -0.2) is 13.1 Å². The van der Waals surface area contributed by atoms with Gasteiger partial charge in [-0.05, 0) is 29.3 Å². The summed E-state index contributed by atoms with van der Waals surface area (Å²) in [6.45, 7) is 0.408. The maximum atomic E-state index is 11.9. The van der Waals surface area contributed by atoms with Crippen LogP contribution in [0.5, 0.6) is 0 Å². The van der Waals surface area contributed by atoms with E-state index >= 15 is 0 Å². The van der Waals surface area contributed by atoms with Crippen molar-refractivity contribution in [1.82, 2.24) is 4.72 Å². The number of halogens is 1. The average Bonchev–Trinajstić information content (AvgIpc) is 2.55. The fraction of sp³-hybridized carbons (Fsp3) is 0.176. The standard InChI is InChI=1S/C17H18ClNO2S2/c18-17-8-6-15(7-9-17)10-13-23(20,21)19-11-12-22-14-16-4-2-1-3-5-16/h1-10,13,19H,11-12,14H2/b13-10+. The summed E-state index contributed by atoms with van der Waals surface area (Å²) in [5.74, 6) is 1.60. The van der Waals surface area contributed by atoms with E-state index in [4.69, 9.17) is 11.6 Å². The largest absolute Gasteiger partial charge is 0.233 e. The van der Waals surface area contributed by atoms with Gasteiger partial charge in [0.15, 0.2) is 0 Å². The van der Waals surface area contributed by atoms with Crippen molar-refractivity contribution in [2.45, 2.75) is 5.75 Å². The molecule has 0 unspecified atom stereocenters. The summed E-state index contributed by atoms with van der Waals surface area (Å²) in [6, 6.07) is 17.1. The molecule has 2 rings (SSSR count). The maximum absolute atomic E-state index is 11.9. The zero-order valence-corrected chi connectivity index (χ0v) is 14.9. The molecule has 0 fully saturated rings. The number of rotatable bonds is 8. The first-order valence-electron chi connectivity index (χ1n) is 7.10. The van der Waals surface area contributed by atoms with E-state index in [0.717, 1.165) is 17.1 Å². The third kappa shape index (κ3) is 7.22. The zero-order valence-electron chi connectivity index (χ0n) is 12.5. The van der Waals surface area contributed by atoms with Crippen LogP contribution in [0.25, 0.3) is 6.08 Å². The first kappa shape index (κ1) is 18.1. The molecule has 0 aromatic heterocycles. The molecule has 1 N–H and O–H groups in total. The summed E-state index contributed by atoms with van der Waals surface area (Å²) in [4.78, 5) is 0. The Labute approximate surface area is 146 Å². The second-order valence-corrected chi connectivity index (χ2v) is 8.02. The molecule has 0 atom stereocenters. The average molecular weight is 368 g/mol. The lowest BCUT2D eigenvalue weighted by Crippen LogP contribution is -2.23. The van der Waals surface area contributed by atoms with Gasteiger partial charge in [0, 0.05) is 28.5 Å². The van der Waals surface area contributed by atoms with Crippen LogP contribution in [0.4, 0.5) is 0 Å². The van der Waals surface area contributed by atoms with Gasteiger partial charge < -0.3 is 0 Å². The van der Waals surface area contributed by atoms with E-state index in [1.165, 1.54) is 11.0 Å². The summed E-state index contributed by atoms with van der Waals surface area (Å²) >= 11 is 7.48. The zero-order chi connectivity index (χ0) is 16.5. The van der Waals surface area contributed by atoms with Crippen LogP contribution < -0.4 is 4.72 Å². The lowest BCUT2D eigenvalue weighted by Gasteiger charge is -2.03. The lowest BCUT2D eigenvalue weighted by atomic mass is 10.2. The Bertz CT molecular complexity index is 729. The Morgan fingerprint density at radius 3 is 2.43 bits per heavy atom. The van der Waals surface area contributed by atoms with E-state index in [0.29, 0.717) is 11.6 Å². The van der Waals surface area contributed by atoms with Gasteiger partial charge in [-0.3, -0.25) is 0 Å². The minimum atomic E-state index is -3.41. The molecular formula is C17H18ClNO2S2. The van der Waals surface area contributed by atoms with Crippen LogP contribution in [0.15, 0.2) is 60.0 Å². The van der Waals surface area contributed by atoms with Crippen molar-refractivity contribution >= 4 is 39.5 Å². The van der Waals surface area contributed by atoms with E-state index in [2.05, 4.69) is 16.9 Å². The highest BCUT2D eigenvalue weighted by Gasteiger charge is 2.04. The fourth-order valence-electron chi connectivity index (χ4n) is 1.81. The minimum Gasteiger partial charge on any atom is -0.211 e. The molecule has 0 spiro atoms. The molecule has 3 nitrogen and oxygen atoms in total. The second kappa shape index (κ2) is 9.13.